The van der Waals surface area contributed by atoms with Crippen LogP contribution in [0.15, 0.2) is 0 Å². The Morgan fingerprint density at radius 1 is 1.50 bits per heavy atom. The van der Waals surface area contributed by atoms with E-state index in [-0.39, 0.29) is 25.3 Å². The zero-order chi connectivity index (χ0) is 13.7. The minimum absolute atomic E-state index is 0.0333. The summed E-state index contributed by atoms with van der Waals surface area (Å²) in [6.45, 7) is 1.42. The molecule has 0 aliphatic carbocycles. The van der Waals surface area contributed by atoms with Crippen molar-refractivity contribution in [1.29, 1.82) is 0 Å². The maximum Gasteiger partial charge on any atom is 0.315 e. The second-order valence-corrected chi connectivity index (χ2v) is 4.10. The van der Waals surface area contributed by atoms with E-state index in [2.05, 4.69) is 16.0 Å². The number of urea groups is 1. The van der Waals surface area contributed by atoms with Crippen LogP contribution in [0.1, 0.15) is 19.8 Å². The van der Waals surface area contributed by atoms with Crippen LogP contribution in [-0.4, -0.2) is 41.5 Å². The maximum absolute atomic E-state index is 11.4. The van der Waals surface area contributed by atoms with Gasteiger partial charge in [-0.2, -0.15) is 0 Å². The van der Waals surface area contributed by atoms with Crippen LogP contribution in [-0.2, 0) is 14.4 Å². The van der Waals surface area contributed by atoms with Gasteiger partial charge in [0.05, 0.1) is 5.92 Å². The van der Waals surface area contributed by atoms with E-state index in [4.69, 9.17) is 5.11 Å². The summed E-state index contributed by atoms with van der Waals surface area (Å²) in [5.41, 5.74) is 0. The molecule has 0 radical (unpaired) electrons. The first-order valence-corrected chi connectivity index (χ1v) is 5.51. The molecule has 2 unspecified atom stereocenters. The second kappa shape index (κ2) is 5.99. The number of rotatable bonds is 4. The number of aliphatic carboxylic acids is 1. The Hall–Kier alpha value is -2.12. The largest absolute Gasteiger partial charge is 0.481 e. The molecule has 100 valence electrons. The predicted octanol–water partition coefficient (Wildman–Crippen LogP) is -1.19. The number of carboxylic acid groups (broad SMARTS) is 1. The van der Waals surface area contributed by atoms with Gasteiger partial charge >= 0.3 is 12.0 Å². The van der Waals surface area contributed by atoms with Crippen molar-refractivity contribution in [3.8, 4) is 0 Å². The average Bonchev–Trinajstić information content (AvgIpc) is 2.29. The van der Waals surface area contributed by atoms with Crippen LogP contribution < -0.4 is 16.0 Å². The van der Waals surface area contributed by atoms with Gasteiger partial charge in [0.2, 0.25) is 11.8 Å². The van der Waals surface area contributed by atoms with Crippen molar-refractivity contribution in [3.63, 3.8) is 0 Å². The summed E-state index contributed by atoms with van der Waals surface area (Å²) in [7, 11) is 0. The number of nitrogens with one attached hydrogen (secondary N) is 3. The number of piperidine rings is 1. The quantitative estimate of drug-likeness (QED) is 0.471. The third kappa shape index (κ3) is 4.04. The minimum atomic E-state index is -1.02. The summed E-state index contributed by atoms with van der Waals surface area (Å²) in [4.78, 5) is 44.1. The third-order valence-electron chi connectivity index (χ3n) is 2.53. The maximum atomic E-state index is 11.4. The van der Waals surface area contributed by atoms with Gasteiger partial charge < -0.3 is 15.7 Å². The van der Waals surface area contributed by atoms with Gasteiger partial charge in [0.1, 0.15) is 6.04 Å². The SMILES string of the molecule is CC(CNC(=O)NC1CCC(=O)NC1=O)C(=O)O. The van der Waals surface area contributed by atoms with Gasteiger partial charge in [0.15, 0.2) is 0 Å². The highest BCUT2D eigenvalue weighted by Crippen LogP contribution is 2.03. The molecule has 4 amide bonds. The molecular formula is C10H15N3O5. The predicted molar refractivity (Wildman–Crippen MR) is 59.5 cm³/mol. The van der Waals surface area contributed by atoms with E-state index in [1.54, 1.807) is 0 Å². The van der Waals surface area contributed by atoms with Crippen molar-refractivity contribution in [2.45, 2.75) is 25.8 Å². The van der Waals surface area contributed by atoms with Crippen molar-refractivity contribution in [2.75, 3.05) is 6.54 Å². The fraction of sp³-hybridized carbons (Fsp3) is 0.600. The van der Waals surface area contributed by atoms with E-state index in [9.17, 15) is 19.2 Å². The van der Waals surface area contributed by atoms with Crippen molar-refractivity contribution < 1.29 is 24.3 Å². The molecule has 18 heavy (non-hydrogen) atoms. The number of hydrogen-bond acceptors (Lipinski definition) is 4. The Labute approximate surface area is 103 Å². The highest BCUT2D eigenvalue weighted by atomic mass is 16.4. The first kappa shape index (κ1) is 13.9. The first-order chi connectivity index (χ1) is 8.40. The van der Waals surface area contributed by atoms with Gasteiger partial charge in [-0.1, -0.05) is 6.92 Å². The van der Waals surface area contributed by atoms with Gasteiger partial charge in [-0.05, 0) is 6.42 Å². The van der Waals surface area contributed by atoms with Crippen LogP contribution in [0.3, 0.4) is 0 Å². The number of hydrogen-bond donors (Lipinski definition) is 4. The van der Waals surface area contributed by atoms with Gasteiger partial charge in [-0.15, -0.1) is 0 Å². The summed E-state index contributed by atoms with van der Waals surface area (Å²) < 4.78 is 0. The fourth-order valence-corrected chi connectivity index (χ4v) is 1.37. The smallest absolute Gasteiger partial charge is 0.315 e. The minimum Gasteiger partial charge on any atom is -0.481 e. The Morgan fingerprint density at radius 2 is 2.17 bits per heavy atom. The number of imide groups is 1. The highest BCUT2D eigenvalue weighted by Gasteiger charge is 2.27. The standard InChI is InChI=1S/C10H15N3O5/c1-5(9(16)17)4-11-10(18)12-6-2-3-7(14)13-8(6)15/h5-6H,2-4H2,1H3,(H,16,17)(H2,11,12,18)(H,13,14,15). The van der Waals surface area contributed by atoms with E-state index in [0.717, 1.165) is 0 Å². The molecule has 0 aromatic carbocycles. The molecule has 1 rings (SSSR count). The molecule has 8 nitrogen and oxygen atoms in total. The van der Waals surface area contributed by atoms with Crippen LogP contribution in [0.2, 0.25) is 0 Å². The van der Waals surface area contributed by atoms with Crippen molar-refractivity contribution >= 4 is 23.8 Å². The molecule has 1 saturated heterocycles. The third-order valence-corrected chi connectivity index (χ3v) is 2.53. The molecule has 2 atom stereocenters. The lowest BCUT2D eigenvalue weighted by Crippen LogP contribution is -2.54. The average molecular weight is 257 g/mol. The number of carbonyl (C=O) groups excluding carboxylic acids is 3. The summed E-state index contributed by atoms with van der Waals surface area (Å²) in [6, 6.07) is -1.39. The van der Waals surface area contributed by atoms with Crippen LogP contribution in [0, 0.1) is 5.92 Å². The van der Waals surface area contributed by atoms with Crippen LogP contribution in [0.4, 0.5) is 4.79 Å². The molecular weight excluding hydrogens is 242 g/mol. The number of carboxylic acids is 1. The summed E-state index contributed by atoms with van der Waals surface area (Å²) in [6.07, 6.45) is 0.411. The molecule has 4 N–H and O–H groups in total. The monoisotopic (exact) mass is 257 g/mol. The normalized spacial score (nSPS) is 20.8. The molecule has 0 aromatic heterocycles. The Balaban J connectivity index is 2.34. The first-order valence-electron chi connectivity index (χ1n) is 5.51. The lowest BCUT2D eigenvalue weighted by molar-refractivity contribution is -0.141. The topological polar surface area (TPSA) is 125 Å². The number of carbonyl (C=O) groups is 4. The zero-order valence-electron chi connectivity index (χ0n) is 9.86. The Morgan fingerprint density at radius 3 is 2.72 bits per heavy atom. The summed E-state index contributed by atoms with van der Waals surface area (Å²) in [5, 5.41) is 15.4. The molecule has 0 spiro atoms. The van der Waals surface area contributed by atoms with E-state index in [1.165, 1.54) is 6.92 Å². The Kier molecular flexibility index (Phi) is 4.64. The summed E-state index contributed by atoms with van der Waals surface area (Å²) >= 11 is 0. The molecule has 1 aliphatic rings. The lowest BCUT2D eigenvalue weighted by atomic mass is 10.1. The van der Waals surface area contributed by atoms with E-state index < -0.39 is 29.9 Å². The molecule has 0 bridgehead atoms. The van der Waals surface area contributed by atoms with Crippen molar-refractivity contribution in [1.82, 2.24) is 16.0 Å². The van der Waals surface area contributed by atoms with E-state index >= 15 is 0 Å². The van der Waals surface area contributed by atoms with Crippen molar-refractivity contribution in [3.05, 3.63) is 0 Å². The molecule has 0 aromatic rings. The molecule has 0 saturated carbocycles. The number of amides is 4. The second-order valence-electron chi connectivity index (χ2n) is 4.10. The lowest BCUT2D eigenvalue weighted by Gasteiger charge is -2.22. The van der Waals surface area contributed by atoms with Gasteiger partial charge in [-0.25, -0.2) is 4.79 Å². The van der Waals surface area contributed by atoms with Crippen LogP contribution >= 0.6 is 0 Å². The van der Waals surface area contributed by atoms with Crippen molar-refractivity contribution in [2.24, 2.45) is 5.92 Å². The van der Waals surface area contributed by atoms with Gasteiger partial charge in [-0.3, -0.25) is 19.7 Å². The van der Waals surface area contributed by atoms with Crippen LogP contribution in [0.5, 0.6) is 0 Å². The van der Waals surface area contributed by atoms with Gasteiger partial charge in [0, 0.05) is 13.0 Å². The van der Waals surface area contributed by atoms with Crippen LogP contribution in [0.25, 0.3) is 0 Å². The molecule has 8 heteroatoms. The zero-order valence-corrected chi connectivity index (χ0v) is 9.86. The molecule has 1 heterocycles. The van der Waals surface area contributed by atoms with Gasteiger partial charge in [0.25, 0.3) is 0 Å². The molecule has 1 aliphatic heterocycles. The molecule has 1 fully saturated rings. The fourth-order valence-electron chi connectivity index (χ4n) is 1.37. The highest BCUT2D eigenvalue weighted by molar-refractivity contribution is 6.01. The van der Waals surface area contributed by atoms with E-state index in [1.807, 2.05) is 0 Å². The summed E-state index contributed by atoms with van der Waals surface area (Å²) in [5.74, 6) is -2.64. The van der Waals surface area contributed by atoms with E-state index in [0.29, 0.717) is 0 Å². The Bertz CT molecular complexity index is 382.